The number of rotatable bonds is 0. The zero-order valence-corrected chi connectivity index (χ0v) is 7.96. The minimum atomic E-state index is -0.805. The number of hydrogen-bond donors (Lipinski definition) is 2. The van der Waals surface area contributed by atoms with Crippen molar-refractivity contribution in [3.8, 4) is 0 Å². The molecule has 1 fully saturated rings. The van der Waals surface area contributed by atoms with Gasteiger partial charge in [-0.2, -0.15) is 0 Å². The summed E-state index contributed by atoms with van der Waals surface area (Å²) in [4.78, 5) is 11.7. The van der Waals surface area contributed by atoms with Crippen molar-refractivity contribution in [3.63, 3.8) is 0 Å². The maximum Gasteiger partial charge on any atom is 0.235 e. The summed E-state index contributed by atoms with van der Waals surface area (Å²) < 4.78 is 13.6. The first kappa shape index (κ1) is 8.85. The van der Waals surface area contributed by atoms with E-state index in [2.05, 4.69) is 5.32 Å². The van der Waals surface area contributed by atoms with Crippen molar-refractivity contribution < 1.29 is 14.3 Å². The Hall–Kier alpha value is -1.42. The highest BCUT2D eigenvalue weighted by Gasteiger charge is 2.56. The predicted octanol–water partition coefficient (Wildman–Crippen LogP) is 1.17. The molecule has 3 nitrogen and oxygen atoms in total. The molecule has 4 heteroatoms. The standard InChI is InChI=1S/C11H10FNO2/c12-7-2-1-3-8-9(7)11(10(15)13-8)4-6(14)5-11/h1-3,6,14H,4-5H2,(H,13,15). The summed E-state index contributed by atoms with van der Waals surface area (Å²) in [5.41, 5.74) is 0.173. The minimum absolute atomic E-state index is 0.187. The normalized spacial score (nSPS) is 32.4. The highest BCUT2D eigenvalue weighted by Crippen LogP contribution is 2.51. The molecule has 1 aromatic rings. The first-order chi connectivity index (χ1) is 7.13. The molecule has 0 saturated heterocycles. The van der Waals surface area contributed by atoms with Crippen LogP contribution >= 0.6 is 0 Å². The lowest BCUT2D eigenvalue weighted by Gasteiger charge is -2.40. The molecule has 0 unspecified atom stereocenters. The summed E-state index contributed by atoms with van der Waals surface area (Å²) in [7, 11) is 0. The number of hydrogen-bond acceptors (Lipinski definition) is 2. The molecule has 1 aliphatic carbocycles. The maximum atomic E-state index is 13.6. The van der Waals surface area contributed by atoms with Crippen LogP contribution in [-0.2, 0) is 10.2 Å². The van der Waals surface area contributed by atoms with Crippen LogP contribution in [-0.4, -0.2) is 17.1 Å². The smallest absolute Gasteiger partial charge is 0.235 e. The van der Waals surface area contributed by atoms with Crippen molar-refractivity contribution in [3.05, 3.63) is 29.6 Å². The number of carbonyl (C=O) groups is 1. The third-order valence-electron chi connectivity index (χ3n) is 3.34. The van der Waals surface area contributed by atoms with Gasteiger partial charge in [-0.1, -0.05) is 6.07 Å². The fraction of sp³-hybridized carbons (Fsp3) is 0.364. The van der Waals surface area contributed by atoms with Crippen LogP contribution in [0, 0.1) is 5.82 Å². The van der Waals surface area contributed by atoms with Gasteiger partial charge >= 0.3 is 0 Å². The first-order valence-corrected chi connectivity index (χ1v) is 4.92. The first-order valence-electron chi connectivity index (χ1n) is 4.92. The summed E-state index contributed by atoms with van der Waals surface area (Å²) >= 11 is 0. The predicted molar refractivity (Wildman–Crippen MR) is 51.9 cm³/mol. The molecule has 1 amide bonds. The van der Waals surface area contributed by atoms with E-state index in [1.165, 1.54) is 6.07 Å². The molecule has 1 spiro atoms. The minimum Gasteiger partial charge on any atom is -0.393 e. The van der Waals surface area contributed by atoms with Gasteiger partial charge in [0.15, 0.2) is 0 Å². The Kier molecular flexibility index (Phi) is 1.52. The molecule has 1 heterocycles. The largest absolute Gasteiger partial charge is 0.393 e. The van der Waals surface area contributed by atoms with Crippen molar-refractivity contribution >= 4 is 11.6 Å². The van der Waals surface area contributed by atoms with Crippen molar-refractivity contribution in [2.75, 3.05) is 5.32 Å². The van der Waals surface area contributed by atoms with Gasteiger partial charge in [0.2, 0.25) is 5.91 Å². The second-order valence-corrected chi connectivity index (χ2v) is 4.26. The molecule has 3 rings (SSSR count). The number of fused-ring (bicyclic) bond motifs is 2. The molecule has 0 radical (unpaired) electrons. The van der Waals surface area contributed by atoms with Crippen LogP contribution in [0.3, 0.4) is 0 Å². The monoisotopic (exact) mass is 207 g/mol. The van der Waals surface area contributed by atoms with E-state index in [0.717, 1.165) is 0 Å². The van der Waals surface area contributed by atoms with Crippen molar-refractivity contribution in [2.45, 2.75) is 24.4 Å². The van der Waals surface area contributed by atoms with Crippen LogP contribution in [0.4, 0.5) is 10.1 Å². The SMILES string of the molecule is O=C1Nc2cccc(F)c2C12CC(O)C2. The van der Waals surface area contributed by atoms with E-state index in [-0.39, 0.29) is 11.7 Å². The lowest BCUT2D eigenvalue weighted by atomic mass is 9.63. The van der Waals surface area contributed by atoms with E-state index in [4.69, 9.17) is 0 Å². The number of nitrogens with one attached hydrogen (secondary N) is 1. The summed E-state index contributed by atoms with van der Waals surface area (Å²) in [5.74, 6) is -0.550. The molecule has 2 N–H and O–H groups in total. The number of carbonyl (C=O) groups excluding carboxylic acids is 1. The quantitative estimate of drug-likeness (QED) is 0.671. The average Bonchev–Trinajstić information content (AvgIpc) is 2.40. The number of benzene rings is 1. The van der Waals surface area contributed by atoms with Gasteiger partial charge in [-0.25, -0.2) is 4.39 Å². The molecular formula is C11H10FNO2. The van der Waals surface area contributed by atoms with Crippen LogP contribution < -0.4 is 5.32 Å². The summed E-state index contributed by atoms with van der Waals surface area (Å²) in [6.07, 6.45) is 0.167. The molecule has 1 aromatic carbocycles. The van der Waals surface area contributed by atoms with Gasteiger partial charge in [0, 0.05) is 11.3 Å². The molecule has 0 atom stereocenters. The molecular weight excluding hydrogens is 197 g/mol. The molecule has 0 aromatic heterocycles. The second kappa shape index (κ2) is 2.58. The van der Waals surface area contributed by atoms with E-state index < -0.39 is 11.5 Å². The number of amides is 1. The summed E-state index contributed by atoms with van der Waals surface area (Å²) in [6, 6.07) is 4.61. The Morgan fingerprint density at radius 1 is 1.47 bits per heavy atom. The third kappa shape index (κ3) is 0.946. The van der Waals surface area contributed by atoms with E-state index in [1.54, 1.807) is 12.1 Å². The lowest BCUT2D eigenvalue weighted by molar-refractivity contribution is -0.128. The van der Waals surface area contributed by atoms with Gasteiger partial charge in [-0.3, -0.25) is 4.79 Å². The molecule has 0 bridgehead atoms. The van der Waals surface area contributed by atoms with Crippen LogP contribution in [0.2, 0.25) is 0 Å². The molecule has 1 aliphatic heterocycles. The maximum absolute atomic E-state index is 13.6. The molecule has 1 saturated carbocycles. The Labute approximate surface area is 85.9 Å². The highest BCUT2D eigenvalue weighted by atomic mass is 19.1. The molecule has 15 heavy (non-hydrogen) atoms. The molecule has 78 valence electrons. The van der Waals surface area contributed by atoms with E-state index in [1.807, 2.05) is 0 Å². The van der Waals surface area contributed by atoms with Crippen LogP contribution in [0.15, 0.2) is 18.2 Å². The topological polar surface area (TPSA) is 49.3 Å². The fourth-order valence-electron chi connectivity index (χ4n) is 2.60. The van der Waals surface area contributed by atoms with Crippen LogP contribution in [0.25, 0.3) is 0 Å². The van der Waals surface area contributed by atoms with Gasteiger partial charge < -0.3 is 10.4 Å². The lowest BCUT2D eigenvalue weighted by Crippen LogP contribution is -2.49. The van der Waals surface area contributed by atoms with E-state index in [9.17, 15) is 14.3 Å². The van der Waals surface area contributed by atoms with E-state index >= 15 is 0 Å². The Bertz CT molecular complexity index is 452. The summed E-state index contributed by atoms with van der Waals surface area (Å²) in [5, 5.41) is 12.0. The Morgan fingerprint density at radius 2 is 2.20 bits per heavy atom. The third-order valence-corrected chi connectivity index (χ3v) is 3.34. The zero-order chi connectivity index (χ0) is 10.6. The summed E-state index contributed by atoms with van der Waals surface area (Å²) in [6.45, 7) is 0. The average molecular weight is 207 g/mol. The van der Waals surface area contributed by atoms with Gasteiger partial charge in [0.1, 0.15) is 5.82 Å². The fourth-order valence-corrected chi connectivity index (χ4v) is 2.60. The van der Waals surface area contributed by atoms with Crippen LogP contribution in [0.5, 0.6) is 0 Å². The van der Waals surface area contributed by atoms with Gasteiger partial charge in [-0.15, -0.1) is 0 Å². The highest BCUT2D eigenvalue weighted by molar-refractivity contribution is 6.07. The number of anilines is 1. The zero-order valence-electron chi connectivity index (χ0n) is 7.96. The van der Waals surface area contributed by atoms with Crippen molar-refractivity contribution in [1.82, 2.24) is 0 Å². The van der Waals surface area contributed by atoms with Gasteiger partial charge in [0.25, 0.3) is 0 Å². The van der Waals surface area contributed by atoms with E-state index in [0.29, 0.717) is 24.1 Å². The second-order valence-electron chi connectivity index (χ2n) is 4.26. The Morgan fingerprint density at radius 3 is 2.87 bits per heavy atom. The van der Waals surface area contributed by atoms with Crippen molar-refractivity contribution in [2.24, 2.45) is 0 Å². The van der Waals surface area contributed by atoms with Crippen molar-refractivity contribution in [1.29, 1.82) is 0 Å². The number of halogens is 1. The van der Waals surface area contributed by atoms with Gasteiger partial charge in [0.05, 0.1) is 11.5 Å². The van der Waals surface area contributed by atoms with Crippen LogP contribution in [0.1, 0.15) is 18.4 Å². The number of aliphatic hydroxyl groups excluding tert-OH is 1. The molecule has 2 aliphatic rings. The van der Waals surface area contributed by atoms with Gasteiger partial charge in [-0.05, 0) is 25.0 Å². The Balaban J connectivity index is 2.17. The number of aliphatic hydroxyl groups is 1.